The number of nitrogens with two attached hydrogens (primary N) is 2. The molecular formula is C26H30Cl2FN5O. The van der Waals surface area contributed by atoms with E-state index in [0.29, 0.717) is 27.5 Å². The van der Waals surface area contributed by atoms with Crippen LogP contribution in [0.25, 0.3) is 5.57 Å². The highest BCUT2D eigenvalue weighted by Gasteiger charge is 2.21. The largest absolute Gasteiger partial charge is 0.482 e. The summed E-state index contributed by atoms with van der Waals surface area (Å²) in [7, 11) is 0. The molecule has 0 saturated carbocycles. The van der Waals surface area contributed by atoms with E-state index in [2.05, 4.69) is 15.8 Å². The number of rotatable bonds is 9. The molecule has 0 unspecified atom stereocenters. The number of benzene rings is 1. The average molecular weight is 518 g/mol. The molecule has 6 nitrogen and oxygen atoms in total. The van der Waals surface area contributed by atoms with Gasteiger partial charge >= 0.3 is 0 Å². The molecule has 2 aromatic rings. The molecule has 0 bridgehead atoms. The van der Waals surface area contributed by atoms with Gasteiger partial charge in [0.2, 0.25) is 0 Å². The second kappa shape index (κ2) is 12.8. The quantitative estimate of drug-likeness (QED) is 0.198. The summed E-state index contributed by atoms with van der Waals surface area (Å²) in [6.07, 6.45) is 13.3. The lowest BCUT2D eigenvalue weighted by atomic mass is 10.0. The van der Waals surface area contributed by atoms with Crippen molar-refractivity contribution >= 4 is 40.8 Å². The van der Waals surface area contributed by atoms with Crippen LogP contribution in [0.2, 0.25) is 10.0 Å². The highest BCUT2D eigenvalue weighted by Crippen LogP contribution is 2.36. The van der Waals surface area contributed by atoms with E-state index in [-0.39, 0.29) is 16.9 Å². The fourth-order valence-electron chi connectivity index (χ4n) is 3.97. The Bertz CT molecular complexity index is 1120. The van der Waals surface area contributed by atoms with Gasteiger partial charge in [-0.2, -0.15) is 0 Å². The number of anilines is 1. The highest BCUT2D eigenvalue weighted by molar-refractivity contribution is 6.36. The lowest BCUT2D eigenvalue weighted by molar-refractivity contribution is 0.213. The zero-order valence-corrected chi connectivity index (χ0v) is 21.2. The fourth-order valence-corrected chi connectivity index (χ4v) is 4.65. The second-order valence-corrected chi connectivity index (χ2v) is 9.19. The zero-order chi connectivity index (χ0) is 25.4. The molecule has 1 aliphatic rings. The molecule has 35 heavy (non-hydrogen) atoms. The molecule has 0 spiro atoms. The zero-order valence-electron chi connectivity index (χ0n) is 19.7. The van der Waals surface area contributed by atoms with E-state index in [1.54, 1.807) is 25.4 Å². The van der Waals surface area contributed by atoms with Crippen LogP contribution in [0.15, 0.2) is 35.6 Å². The van der Waals surface area contributed by atoms with Gasteiger partial charge in [-0.3, -0.25) is 4.99 Å². The van der Waals surface area contributed by atoms with Crippen LogP contribution >= 0.6 is 23.2 Å². The monoisotopic (exact) mass is 517 g/mol. The number of aromatic nitrogens is 1. The van der Waals surface area contributed by atoms with Crippen LogP contribution in [-0.4, -0.2) is 41.8 Å². The van der Waals surface area contributed by atoms with Crippen molar-refractivity contribution in [3.8, 4) is 18.1 Å². The molecular weight excluding hydrogens is 488 g/mol. The Hall–Kier alpha value is -2.79. The van der Waals surface area contributed by atoms with E-state index >= 15 is 0 Å². The molecule has 4 N–H and O–H groups in total. The van der Waals surface area contributed by atoms with Gasteiger partial charge in [0.1, 0.15) is 11.9 Å². The number of likely N-dealkylation sites (tertiary alicyclic amines) is 1. The standard InChI is InChI=1S/C26H30Cl2FN5O/c1-3-4-5-10-34-11-8-20(9-12-34)32-16-19(14-30)18-13-23(26(31)33-15-18)35-17(2)24-21(27)6-7-22(29)25(24)28/h1,6-7,13-17,20H,4-5,8-12,30H2,2H3,(H2,31,33)/b19-14+,32-16?/t17-/m1/s1. The predicted molar refractivity (Wildman–Crippen MR) is 142 cm³/mol. The van der Waals surface area contributed by atoms with E-state index in [0.717, 1.165) is 45.3 Å². The van der Waals surface area contributed by atoms with Gasteiger partial charge in [0.15, 0.2) is 11.6 Å². The minimum Gasteiger partial charge on any atom is -0.482 e. The number of terminal acetylenes is 1. The smallest absolute Gasteiger partial charge is 0.166 e. The molecule has 1 saturated heterocycles. The van der Waals surface area contributed by atoms with E-state index in [1.165, 1.54) is 18.3 Å². The topological polar surface area (TPSA) is 89.8 Å². The summed E-state index contributed by atoms with van der Waals surface area (Å²) >= 11 is 12.3. The molecule has 9 heteroatoms. The third-order valence-corrected chi connectivity index (χ3v) is 6.68. The van der Waals surface area contributed by atoms with Crippen LogP contribution in [0, 0.1) is 18.2 Å². The number of piperidine rings is 1. The lowest BCUT2D eigenvalue weighted by Gasteiger charge is -2.29. The summed E-state index contributed by atoms with van der Waals surface area (Å²) in [5.74, 6) is 2.59. The summed E-state index contributed by atoms with van der Waals surface area (Å²) in [5.41, 5.74) is 13.6. The van der Waals surface area contributed by atoms with Crippen molar-refractivity contribution in [1.29, 1.82) is 0 Å². The maximum atomic E-state index is 14.0. The molecule has 186 valence electrons. The van der Waals surface area contributed by atoms with Crippen molar-refractivity contribution in [1.82, 2.24) is 9.88 Å². The number of hydrogen-bond donors (Lipinski definition) is 2. The number of halogens is 3. The SMILES string of the molecule is C#CCCCN1CCC(N=C/C(=C\N)c2cnc(N)c(O[C@H](C)c3c(Cl)ccc(F)c3Cl)c2)CC1. The fraction of sp³-hybridized carbons (Fsp3) is 0.385. The average Bonchev–Trinajstić information content (AvgIpc) is 2.85. The van der Waals surface area contributed by atoms with Crippen molar-refractivity contribution in [3.63, 3.8) is 0 Å². The number of aliphatic imine (C=N–C) groups is 1. The highest BCUT2D eigenvalue weighted by atomic mass is 35.5. The Morgan fingerprint density at radius 1 is 1.40 bits per heavy atom. The maximum absolute atomic E-state index is 14.0. The minimum atomic E-state index is -0.671. The van der Waals surface area contributed by atoms with E-state index in [9.17, 15) is 4.39 Å². The van der Waals surface area contributed by atoms with Crippen molar-refractivity contribution in [2.45, 2.75) is 44.8 Å². The van der Waals surface area contributed by atoms with Crippen molar-refractivity contribution in [2.75, 3.05) is 25.4 Å². The van der Waals surface area contributed by atoms with Crippen LogP contribution in [0.1, 0.15) is 49.8 Å². The summed E-state index contributed by atoms with van der Waals surface area (Å²) in [6, 6.07) is 4.59. The Labute approximate surface area is 216 Å². The van der Waals surface area contributed by atoms with Crippen molar-refractivity contribution < 1.29 is 9.13 Å². The molecule has 2 heterocycles. The first-order valence-electron chi connectivity index (χ1n) is 11.5. The minimum absolute atomic E-state index is 0.0931. The van der Waals surface area contributed by atoms with Gasteiger partial charge in [-0.15, -0.1) is 12.3 Å². The van der Waals surface area contributed by atoms with E-state index in [1.807, 2.05) is 0 Å². The van der Waals surface area contributed by atoms with Crippen LogP contribution in [0.4, 0.5) is 10.2 Å². The van der Waals surface area contributed by atoms with Gasteiger partial charge < -0.3 is 21.1 Å². The third kappa shape index (κ3) is 7.11. The van der Waals surface area contributed by atoms with E-state index < -0.39 is 11.9 Å². The van der Waals surface area contributed by atoms with Crippen LogP contribution in [-0.2, 0) is 0 Å². The number of allylic oxidation sites excluding steroid dienone is 1. The van der Waals surface area contributed by atoms with Crippen LogP contribution in [0.5, 0.6) is 5.75 Å². The molecule has 0 aliphatic carbocycles. The molecule has 3 rings (SSSR count). The number of unbranched alkanes of at least 4 members (excludes halogenated alkanes) is 1. The first-order chi connectivity index (χ1) is 16.8. The van der Waals surface area contributed by atoms with Crippen LogP contribution < -0.4 is 16.2 Å². The number of nitrogens with zero attached hydrogens (tertiary/aromatic N) is 3. The van der Waals surface area contributed by atoms with Gasteiger partial charge in [0.25, 0.3) is 0 Å². The molecule has 1 atom stereocenters. The lowest BCUT2D eigenvalue weighted by Crippen LogP contribution is -2.35. The Morgan fingerprint density at radius 2 is 2.14 bits per heavy atom. The molecule has 1 aromatic carbocycles. The number of ether oxygens (including phenoxy) is 1. The van der Waals surface area contributed by atoms with Crippen molar-refractivity contribution in [3.05, 3.63) is 57.6 Å². The van der Waals surface area contributed by atoms with Gasteiger partial charge in [0.05, 0.1) is 11.1 Å². The predicted octanol–water partition coefficient (Wildman–Crippen LogP) is 5.50. The second-order valence-electron chi connectivity index (χ2n) is 8.40. The number of hydrogen-bond acceptors (Lipinski definition) is 6. The first kappa shape index (κ1) is 26.8. The van der Waals surface area contributed by atoms with Gasteiger partial charge in [-0.1, -0.05) is 23.2 Å². The Kier molecular flexibility index (Phi) is 9.79. The summed E-state index contributed by atoms with van der Waals surface area (Å²) in [6.45, 7) is 4.73. The third-order valence-electron chi connectivity index (χ3n) is 5.96. The summed E-state index contributed by atoms with van der Waals surface area (Å²) in [4.78, 5) is 11.4. The van der Waals surface area contributed by atoms with Gasteiger partial charge in [-0.05, 0) is 50.9 Å². The number of pyridine rings is 1. The number of nitrogen functional groups attached to an aromatic ring is 1. The summed E-state index contributed by atoms with van der Waals surface area (Å²) in [5, 5.41) is 0.202. The molecule has 0 radical (unpaired) electrons. The van der Waals surface area contributed by atoms with Crippen LogP contribution in [0.3, 0.4) is 0 Å². The van der Waals surface area contributed by atoms with Crippen molar-refractivity contribution in [2.24, 2.45) is 10.7 Å². The normalized spacial score (nSPS) is 16.4. The molecule has 1 aromatic heterocycles. The molecule has 1 fully saturated rings. The Morgan fingerprint density at radius 3 is 2.83 bits per heavy atom. The van der Waals surface area contributed by atoms with E-state index in [4.69, 9.17) is 50.8 Å². The van der Waals surface area contributed by atoms with Gasteiger partial charge in [-0.25, -0.2) is 9.37 Å². The first-order valence-corrected chi connectivity index (χ1v) is 12.3. The Balaban J connectivity index is 1.68. The molecule has 0 amide bonds. The summed E-state index contributed by atoms with van der Waals surface area (Å²) < 4.78 is 19.9. The molecule has 1 aliphatic heterocycles. The van der Waals surface area contributed by atoms with Gasteiger partial charge in [0, 0.05) is 59.8 Å². The maximum Gasteiger partial charge on any atom is 0.166 e.